The van der Waals surface area contributed by atoms with Crippen LogP contribution in [0.2, 0.25) is 10.0 Å². The van der Waals surface area contributed by atoms with E-state index in [9.17, 15) is 0 Å². The Balaban J connectivity index is 2.34. The van der Waals surface area contributed by atoms with Gasteiger partial charge in [0.1, 0.15) is 0 Å². The van der Waals surface area contributed by atoms with Crippen LogP contribution in [0.1, 0.15) is 22.7 Å². The minimum Gasteiger partial charge on any atom is -0.271 e. The summed E-state index contributed by atoms with van der Waals surface area (Å²) in [5.74, 6) is 5.70. The maximum Gasteiger partial charge on any atom is 0.0512 e. The largest absolute Gasteiger partial charge is 0.271 e. The summed E-state index contributed by atoms with van der Waals surface area (Å²) < 4.78 is 1.02. The summed E-state index contributed by atoms with van der Waals surface area (Å²) in [7, 11) is 0. The molecule has 5 heteroatoms. The molecule has 106 valence electrons. The molecule has 0 saturated heterocycles. The van der Waals surface area contributed by atoms with Crippen molar-refractivity contribution in [3.63, 3.8) is 0 Å². The van der Waals surface area contributed by atoms with Crippen molar-refractivity contribution in [1.82, 2.24) is 5.43 Å². The van der Waals surface area contributed by atoms with Gasteiger partial charge in [0.25, 0.3) is 0 Å². The maximum atomic E-state index is 6.22. The predicted molar refractivity (Wildman–Crippen MR) is 89.1 cm³/mol. The Morgan fingerprint density at radius 3 is 2.40 bits per heavy atom. The lowest BCUT2D eigenvalue weighted by atomic mass is 9.98. The van der Waals surface area contributed by atoms with Crippen molar-refractivity contribution in [3.05, 3.63) is 67.6 Å². The van der Waals surface area contributed by atoms with Gasteiger partial charge in [-0.3, -0.25) is 11.3 Å². The first-order valence-electron chi connectivity index (χ1n) is 6.18. The molecular weight excluding hydrogens is 359 g/mol. The Morgan fingerprint density at radius 2 is 1.85 bits per heavy atom. The van der Waals surface area contributed by atoms with Crippen LogP contribution in [-0.4, -0.2) is 0 Å². The van der Waals surface area contributed by atoms with E-state index in [1.807, 2.05) is 25.1 Å². The fraction of sp³-hybridized carbons (Fsp3) is 0.200. The fourth-order valence-electron chi connectivity index (χ4n) is 2.10. The normalized spacial score (nSPS) is 12.4. The Labute approximate surface area is 137 Å². The molecule has 0 saturated carbocycles. The van der Waals surface area contributed by atoms with Gasteiger partial charge < -0.3 is 0 Å². The third-order valence-corrected chi connectivity index (χ3v) is 4.60. The number of nitrogens with one attached hydrogen (secondary N) is 1. The molecule has 2 rings (SSSR count). The van der Waals surface area contributed by atoms with Crippen molar-refractivity contribution < 1.29 is 0 Å². The average Bonchev–Trinajstić information content (AvgIpc) is 2.40. The Bertz CT molecular complexity index is 597. The van der Waals surface area contributed by atoms with E-state index >= 15 is 0 Å². The van der Waals surface area contributed by atoms with Gasteiger partial charge >= 0.3 is 0 Å². The predicted octanol–water partition coefficient (Wildman–Crippen LogP) is 4.81. The number of halogens is 3. The zero-order valence-corrected chi connectivity index (χ0v) is 14.1. The summed E-state index contributed by atoms with van der Waals surface area (Å²) in [6, 6.07) is 11.6. The van der Waals surface area contributed by atoms with E-state index < -0.39 is 0 Å². The third kappa shape index (κ3) is 3.54. The smallest absolute Gasteiger partial charge is 0.0512 e. The Kier molecular flexibility index (Phi) is 5.47. The first-order chi connectivity index (χ1) is 9.52. The van der Waals surface area contributed by atoms with Crippen molar-refractivity contribution in [3.8, 4) is 0 Å². The molecule has 2 aromatic rings. The Morgan fingerprint density at radius 1 is 1.20 bits per heavy atom. The van der Waals surface area contributed by atoms with Gasteiger partial charge in [0.15, 0.2) is 0 Å². The van der Waals surface area contributed by atoms with E-state index in [0.717, 1.165) is 15.6 Å². The van der Waals surface area contributed by atoms with E-state index in [4.69, 9.17) is 29.0 Å². The van der Waals surface area contributed by atoms with E-state index in [-0.39, 0.29) is 6.04 Å². The lowest BCUT2D eigenvalue weighted by Gasteiger charge is -2.19. The molecular formula is C15H15BrCl2N2. The fourth-order valence-corrected chi connectivity index (χ4v) is 3.43. The van der Waals surface area contributed by atoms with Crippen LogP contribution >= 0.6 is 39.1 Å². The number of aryl methyl sites for hydroxylation is 1. The highest BCUT2D eigenvalue weighted by Gasteiger charge is 2.17. The van der Waals surface area contributed by atoms with Crippen LogP contribution in [0.15, 0.2) is 40.9 Å². The first kappa shape index (κ1) is 15.8. The van der Waals surface area contributed by atoms with Crippen LogP contribution < -0.4 is 11.3 Å². The number of hydrogen-bond donors (Lipinski definition) is 2. The van der Waals surface area contributed by atoms with Crippen LogP contribution in [0.4, 0.5) is 0 Å². The van der Waals surface area contributed by atoms with Gasteiger partial charge in [-0.25, -0.2) is 0 Å². The molecule has 20 heavy (non-hydrogen) atoms. The molecule has 1 unspecified atom stereocenters. The van der Waals surface area contributed by atoms with Crippen molar-refractivity contribution in [1.29, 1.82) is 0 Å². The third-order valence-electron chi connectivity index (χ3n) is 3.20. The average molecular weight is 374 g/mol. The molecule has 0 aliphatic rings. The number of hydrazine groups is 1. The number of rotatable bonds is 4. The van der Waals surface area contributed by atoms with E-state index in [0.29, 0.717) is 16.5 Å². The summed E-state index contributed by atoms with van der Waals surface area (Å²) in [5, 5.41) is 1.31. The second-order valence-corrected chi connectivity index (χ2v) is 6.32. The molecule has 2 aromatic carbocycles. The molecule has 0 radical (unpaired) electrons. The zero-order valence-electron chi connectivity index (χ0n) is 11.0. The second kappa shape index (κ2) is 6.92. The van der Waals surface area contributed by atoms with Crippen LogP contribution in [0.25, 0.3) is 0 Å². The first-order valence-corrected chi connectivity index (χ1v) is 7.73. The summed E-state index contributed by atoms with van der Waals surface area (Å²) in [4.78, 5) is 0. The summed E-state index contributed by atoms with van der Waals surface area (Å²) in [5.41, 5.74) is 5.99. The quantitative estimate of drug-likeness (QED) is 0.596. The molecule has 2 nitrogen and oxygen atoms in total. The standard InChI is InChI=1S/C15H15BrCl2N2/c1-9-5-6-10(12(16)7-9)15(20-19)8-11-13(17)3-2-4-14(11)18/h2-7,15,20H,8,19H2,1H3. The van der Waals surface area contributed by atoms with E-state index in [1.165, 1.54) is 5.56 Å². The highest BCUT2D eigenvalue weighted by atomic mass is 79.9. The number of benzene rings is 2. The van der Waals surface area contributed by atoms with Gasteiger partial charge in [0.05, 0.1) is 6.04 Å². The van der Waals surface area contributed by atoms with Crippen LogP contribution in [-0.2, 0) is 6.42 Å². The van der Waals surface area contributed by atoms with Gasteiger partial charge in [-0.1, -0.05) is 57.3 Å². The highest BCUT2D eigenvalue weighted by Crippen LogP contribution is 2.32. The van der Waals surface area contributed by atoms with E-state index in [2.05, 4.69) is 39.6 Å². The van der Waals surface area contributed by atoms with E-state index in [1.54, 1.807) is 0 Å². The lowest BCUT2D eigenvalue weighted by molar-refractivity contribution is 0.550. The van der Waals surface area contributed by atoms with Gasteiger partial charge in [-0.05, 0) is 48.2 Å². The van der Waals surface area contributed by atoms with Crippen molar-refractivity contribution >= 4 is 39.1 Å². The number of nitrogens with two attached hydrogens (primary N) is 1. The molecule has 0 bridgehead atoms. The topological polar surface area (TPSA) is 38.0 Å². The van der Waals surface area contributed by atoms with Gasteiger partial charge in [-0.15, -0.1) is 0 Å². The second-order valence-electron chi connectivity index (χ2n) is 4.65. The van der Waals surface area contributed by atoms with Crippen LogP contribution in [0, 0.1) is 6.92 Å². The zero-order chi connectivity index (χ0) is 14.7. The maximum absolute atomic E-state index is 6.22. The van der Waals surface area contributed by atoms with Crippen LogP contribution in [0.5, 0.6) is 0 Å². The van der Waals surface area contributed by atoms with Gasteiger partial charge in [0, 0.05) is 14.5 Å². The minimum atomic E-state index is -0.0672. The molecule has 0 aromatic heterocycles. The highest BCUT2D eigenvalue weighted by molar-refractivity contribution is 9.10. The molecule has 0 aliphatic heterocycles. The Hall–Kier alpha value is -0.580. The van der Waals surface area contributed by atoms with Crippen molar-refractivity contribution in [2.24, 2.45) is 5.84 Å². The molecule has 0 aliphatic carbocycles. The molecule has 0 heterocycles. The van der Waals surface area contributed by atoms with Crippen molar-refractivity contribution in [2.45, 2.75) is 19.4 Å². The summed E-state index contributed by atoms with van der Waals surface area (Å²) in [6.07, 6.45) is 0.622. The van der Waals surface area contributed by atoms with Gasteiger partial charge in [0.2, 0.25) is 0 Å². The van der Waals surface area contributed by atoms with Crippen molar-refractivity contribution in [2.75, 3.05) is 0 Å². The minimum absolute atomic E-state index is 0.0672. The molecule has 0 amide bonds. The molecule has 1 atom stereocenters. The van der Waals surface area contributed by atoms with Crippen LogP contribution in [0.3, 0.4) is 0 Å². The molecule has 0 spiro atoms. The summed E-state index contributed by atoms with van der Waals surface area (Å²) in [6.45, 7) is 2.05. The number of hydrogen-bond acceptors (Lipinski definition) is 2. The SMILES string of the molecule is Cc1ccc(C(Cc2c(Cl)cccc2Cl)NN)c(Br)c1. The molecule has 0 fully saturated rings. The monoisotopic (exact) mass is 372 g/mol. The van der Waals surface area contributed by atoms with Gasteiger partial charge in [-0.2, -0.15) is 0 Å². The summed E-state index contributed by atoms with van der Waals surface area (Å²) >= 11 is 16.0. The lowest BCUT2D eigenvalue weighted by Crippen LogP contribution is -2.30. The molecule has 3 N–H and O–H groups in total.